The summed E-state index contributed by atoms with van der Waals surface area (Å²) in [5, 5.41) is 3.22. The van der Waals surface area contributed by atoms with E-state index in [1.54, 1.807) is 6.20 Å². The number of carbonyl (C=O) groups is 1. The van der Waals surface area contributed by atoms with Gasteiger partial charge in [0.2, 0.25) is 0 Å². The van der Waals surface area contributed by atoms with Gasteiger partial charge in [0, 0.05) is 19.3 Å². The van der Waals surface area contributed by atoms with E-state index < -0.39 is 5.41 Å². The summed E-state index contributed by atoms with van der Waals surface area (Å²) in [4.78, 5) is 15.8. The molecular formula is C12H16N2O3. The van der Waals surface area contributed by atoms with Crippen molar-refractivity contribution in [2.45, 2.75) is 6.54 Å². The standard InChI is InChI=1S/C12H16N2O3/c1-16-11(15)12(8-17-9-12)7-13-6-10-4-2-3-5-14-10/h2-5,13H,6-9H2,1H3. The van der Waals surface area contributed by atoms with Gasteiger partial charge in [0.25, 0.3) is 0 Å². The summed E-state index contributed by atoms with van der Waals surface area (Å²) in [6.07, 6.45) is 1.75. The maximum atomic E-state index is 11.6. The third kappa shape index (κ3) is 2.62. The van der Waals surface area contributed by atoms with Crippen molar-refractivity contribution in [1.82, 2.24) is 10.3 Å². The Balaban J connectivity index is 1.83. The van der Waals surface area contributed by atoms with Crippen LogP contribution in [0.2, 0.25) is 0 Å². The Morgan fingerprint density at radius 1 is 1.59 bits per heavy atom. The van der Waals surface area contributed by atoms with Crippen LogP contribution in [0, 0.1) is 5.41 Å². The maximum Gasteiger partial charge on any atom is 0.317 e. The molecular weight excluding hydrogens is 220 g/mol. The van der Waals surface area contributed by atoms with Gasteiger partial charge in [0.15, 0.2) is 0 Å². The third-order valence-electron chi connectivity index (χ3n) is 2.87. The van der Waals surface area contributed by atoms with Gasteiger partial charge >= 0.3 is 5.97 Å². The Hall–Kier alpha value is -1.46. The highest BCUT2D eigenvalue weighted by Gasteiger charge is 2.46. The molecule has 2 rings (SSSR count). The summed E-state index contributed by atoms with van der Waals surface area (Å²) in [5.41, 5.74) is 0.441. The minimum Gasteiger partial charge on any atom is -0.468 e. The van der Waals surface area contributed by atoms with E-state index >= 15 is 0 Å². The fourth-order valence-electron chi connectivity index (χ4n) is 1.79. The largest absolute Gasteiger partial charge is 0.468 e. The molecule has 92 valence electrons. The molecule has 0 saturated carbocycles. The second kappa shape index (κ2) is 5.25. The monoisotopic (exact) mass is 236 g/mol. The molecule has 0 bridgehead atoms. The Labute approximate surface area is 100 Å². The van der Waals surface area contributed by atoms with Crippen molar-refractivity contribution in [3.63, 3.8) is 0 Å². The van der Waals surface area contributed by atoms with E-state index in [0.29, 0.717) is 26.3 Å². The molecule has 5 nitrogen and oxygen atoms in total. The zero-order chi connectivity index (χ0) is 12.1. The lowest BCUT2D eigenvalue weighted by atomic mass is 9.86. The van der Waals surface area contributed by atoms with E-state index in [0.717, 1.165) is 5.69 Å². The molecule has 0 unspecified atom stereocenters. The summed E-state index contributed by atoms with van der Waals surface area (Å²) in [5.74, 6) is -0.211. The van der Waals surface area contributed by atoms with Gasteiger partial charge in [0.05, 0.1) is 26.0 Å². The topological polar surface area (TPSA) is 60.5 Å². The lowest BCUT2D eigenvalue weighted by Crippen LogP contribution is -2.55. The number of esters is 1. The maximum absolute atomic E-state index is 11.6. The number of methoxy groups -OCH3 is 1. The summed E-state index contributed by atoms with van der Waals surface area (Å²) >= 11 is 0. The first-order chi connectivity index (χ1) is 8.27. The number of carbonyl (C=O) groups excluding carboxylic acids is 1. The van der Waals surface area contributed by atoms with Gasteiger partial charge in [0.1, 0.15) is 5.41 Å². The molecule has 1 aliphatic heterocycles. The lowest BCUT2D eigenvalue weighted by Gasteiger charge is -2.38. The summed E-state index contributed by atoms with van der Waals surface area (Å²) in [6.45, 7) is 2.04. The van der Waals surface area contributed by atoms with Gasteiger partial charge in [-0.25, -0.2) is 0 Å². The fourth-order valence-corrected chi connectivity index (χ4v) is 1.79. The molecule has 0 radical (unpaired) electrons. The second-order valence-corrected chi connectivity index (χ2v) is 4.19. The number of nitrogens with one attached hydrogen (secondary N) is 1. The molecule has 1 saturated heterocycles. The predicted octanol–water partition coefficient (Wildman–Crippen LogP) is 0.361. The van der Waals surface area contributed by atoms with E-state index in [9.17, 15) is 4.79 Å². The van der Waals surface area contributed by atoms with Crippen molar-refractivity contribution in [3.05, 3.63) is 30.1 Å². The Morgan fingerprint density at radius 3 is 2.94 bits per heavy atom. The highest BCUT2D eigenvalue weighted by atomic mass is 16.5. The number of pyridine rings is 1. The van der Waals surface area contributed by atoms with Crippen molar-refractivity contribution < 1.29 is 14.3 Å². The van der Waals surface area contributed by atoms with Gasteiger partial charge in [-0.1, -0.05) is 6.07 Å². The average Bonchev–Trinajstić information content (AvgIpc) is 2.33. The molecule has 1 aromatic heterocycles. The van der Waals surface area contributed by atoms with Gasteiger partial charge in [-0.2, -0.15) is 0 Å². The highest BCUT2D eigenvalue weighted by Crippen LogP contribution is 2.28. The van der Waals surface area contributed by atoms with Crippen molar-refractivity contribution in [3.8, 4) is 0 Å². The Kier molecular flexibility index (Phi) is 3.71. The van der Waals surface area contributed by atoms with Crippen LogP contribution in [0.3, 0.4) is 0 Å². The van der Waals surface area contributed by atoms with E-state index in [1.165, 1.54) is 7.11 Å². The summed E-state index contributed by atoms with van der Waals surface area (Å²) < 4.78 is 9.89. The summed E-state index contributed by atoms with van der Waals surface area (Å²) in [7, 11) is 1.40. The first-order valence-corrected chi connectivity index (χ1v) is 5.54. The number of ether oxygens (including phenoxy) is 2. The van der Waals surface area contributed by atoms with Crippen LogP contribution in [0.25, 0.3) is 0 Å². The zero-order valence-corrected chi connectivity index (χ0v) is 9.81. The first kappa shape index (κ1) is 12.0. The Bertz CT molecular complexity index is 377. The number of nitrogens with zero attached hydrogens (tertiary/aromatic N) is 1. The van der Waals surface area contributed by atoms with E-state index in [-0.39, 0.29) is 5.97 Å². The molecule has 17 heavy (non-hydrogen) atoms. The minimum absolute atomic E-state index is 0.211. The normalized spacial score (nSPS) is 17.2. The van der Waals surface area contributed by atoms with Crippen LogP contribution >= 0.6 is 0 Å². The van der Waals surface area contributed by atoms with E-state index in [1.807, 2.05) is 18.2 Å². The molecule has 0 amide bonds. The number of aromatic nitrogens is 1. The quantitative estimate of drug-likeness (QED) is 0.748. The van der Waals surface area contributed by atoms with Crippen molar-refractivity contribution in [2.75, 3.05) is 26.9 Å². The van der Waals surface area contributed by atoms with Gasteiger partial charge in [-0.15, -0.1) is 0 Å². The van der Waals surface area contributed by atoms with Crippen LogP contribution in [0.15, 0.2) is 24.4 Å². The number of hydrogen-bond acceptors (Lipinski definition) is 5. The van der Waals surface area contributed by atoms with Crippen LogP contribution in [-0.2, 0) is 20.8 Å². The SMILES string of the molecule is COC(=O)C1(CNCc2ccccn2)COC1. The molecule has 0 aromatic carbocycles. The molecule has 2 heterocycles. The van der Waals surface area contributed by atoms with Gasteiger partial charge in [-0.05, 0) is 12.1 Å². The summed E-state index contributed by atoms with van der Waals surface area (Å²) in [6, 6.07) is 5.75. The van der Waals surface area contributed by atoms with Gasteiger partial charge < -0.3 is 14.8 Å². The molecule has 1 fully saturated rings. The Morgan fingerprint density at radius 2 is 2.41 bits per heavy atom. The van der Waals surface area contributed by atoms with Gasteiger partial charge in [-0.3, -0.25) is 9.78 Å². The van der Waals surface area contributed by atoms with Crippen LogP contribution in [0.4, 0.5) is 0 Å². The molecule has 1 N–H and O–H groups in total. The number of rotatable bonds is 5. The van der Waals surface area contributed by atoms with Crippen LogP contribution in [0.5, 0.6) is 0 Å². The smallest absolute Gasteiger partial charge is 0.317 e. The first-order valence-electron chi connectivity index (χ1n) is 5.54. The highest BCUT2D eigenvalue weighted by molar-refractivity contribution is 5.78. The van der Waals surface area contributed by atoms with E-state index in [4.69, 9.17) is 9.47 Å². The third-order valence-corrected chi connectivity index (χ3v) is 2.87. The molecule has 5 heteroatoms. The van der Waals surface area contributed by atoms with Crippen molar-refractivity contribution in [1.29, 1.82) is 0 Å². The van der Waals surface area contributed by atoms with Crippen LogP contribution in [0.1, 0.15) is 5.69 Å². The molecule has 1 aromatic rings. The molecule has 0 aliphatic carbocycles. The van der Waals surface area contributed by atoms with Crippen LogP contribution < -0.4 is 5.32 Å². The molecule has 0 atom stereocenters. The van der Waals surface area contributed by atoms with E-state index in [2.05, 4.69) is 10.3 Å². The predicted molar refractivity (Wildman–Crippen MR) is 61.2 cm³/mol. The molecule has 1 aliphatic rings. The van der Waals surface area contributed by atoms with Crippen LogP contribution in [-0.4, -0.2) is 37.8 Å². The lowest BCUT2D eigenvalue weighted by molar-refractivity contribution is -0.182. The fraction of sp³-hybridized carbons (Fsp3) is 0.500. The average molecular weight is 236 g/mol. The minimum atomic E-state index is -0.510. The number of hydrogen-bond donors (Lipinski definition) is 1. The second-order valence-electron chi connectivity index (χ2n) is 4.19. The molecule has 0 spiro atoms. The van der Waals surface area contributed by atoms with Crippen molar-refractivity contribution in [2.24, 2.45) is 5.41 Å². The van der Waals surface area contributed by atoms with Crippen molar-refractivity contribution >= 4 is 5.97 Å². The zero-order valence-electron chi connectivity index (χ0n) is 9.81.